The molecule has 10 heteroatoms. The zero-order valence-corrected chi connectivity index (χ0v) is 19.5. The van der Waals surface area contributed by atoms with Crippen molar-refractivity contribution in [2.75, 3.05) is 14.2 Å². The number of carbonyl (C=O) groups is 2. The van der Waals surface area contributed by atoms with Crippen LogP contribution >= 0.6 is 34.5 Å². The molecule has 0 saturated carbocycles. The zero-order chi connectivity index (χ0) is 23.3. The van der Waals surface area contributed by atoms with Crippen LogP contribution in [0.4, 0.5) is 0 Å². The van der Waals surface area contributed by atoms with E-state index in [2.05, 4.69) is 0 Å². The summed E-state index contributed by atoms with van der Waals surface area (Å²) in [5.74, 6) is 0.484. The summed E-state index contributed by atoms with van der Waals surface area (Å²) >= 11 is 13.7. The minimum atomic E-state index is -0.773. The number of pyridine rings is 1. The van der Waals surface area contributed by atoms with Gasteiger partial charge in [-0.1, -0.05) is 29.3 Å². The number of carbonyl (C=O) groups excluding carboxylic acids is 2. The maximum absolute atomic E-state index is 12.7. The fourth-order valence-corrected chi connectivity index (χ4v) is 4.50. The SMILES string of the molecule is COc1ccc([C@H](Cc2c(Cl)c[n+]([O-])cc2Cl)OC(=O)Cc2ccc(C=O)s2)cc1OC. The smallest absolute Gasteiger partial charge is 0.311 e. The first-order valence-corrected chi connectivity index (χ1v) is 10.9. The molecule has 0 saturated heterocycles. The van der Waals surface area contributed by atoms with Gasteiger partial charge in [-0.25, -0.2) is 0 Å². The van der Waals surface area contributed by atoms with Crippen molar-refractivity contribution in [2.24, 2.45) is 0 Å². The van der Waals surface area contributed by atoms with E-state index in [0.29, 0.717) is 37.1 Å². The van der Waals surface area contributed by atoms with Crippen molar-refractivity contribution in [3.63, 3.8) is 0 Å². The molecule has 1 aromatic carbocycles. The number of nitrogens with zero attached hydrogens (tertiary/aromatic N) is 1. The molecule has 0 bridgehead atoms. The number of aldehydes is 1. The Labute approximate surface area is 198 Å². The first-order valence-electron chi connectivity index (χ1n) is 9.36. The highest BCUT2D eigenvalue weighted by molar-refractivity contribution is 7.13. The average molecular weight is 496 g/mol. The second-order valence-electron chi connectivity index (χ2n) is 6.69. The van der Waals surface area contributed by atoms with E-state index in [4.69, 9.17) is 37.4 Å². The molecule has 0 N–H and O–H groups in total. The molecule has 0 fully saturated rings. The van der Waals surface area contributed by atoms with Crippen LogP contribution in [0.2, 0.25) is 10.0 Å². The van der Waals surface area contributed by atoms with E-state index >= 15 is 0 Å². The van der Waals surface area contributed by atoms with Crippen LogP contribution < -0.4 is 14.2 Å². The summed E-state index contributed by atoms with van der Waals surface area (Å²) in [4.78, 5) is 24.8. The van der Waals surface area contributed by atoms with Gasteiger partial charge in [0.05, 0.1) is 25.5 Å². The second-order valence-corrected chi connectivity index (χ2v) is 8.70. The summed E-state index contributed by atoms with van der Waals surface area (Å²) in [7, 11) is 3.02. The Bertz CT molecular complexity index is 1110. The highest BCUT2D eigenvalue weighted by Crippen LogP contribution is 2.35. The van der Waals surface area contributed by atoms with Gasteiger partial charge in [0.15, 0.2) is 30.2 Å². The third kappa shape index (κ3) is 5.70. The minimum Gasteiger partial charge on any atom is -0.619 e. The number of rotatable bonds is 9. The minimum absolute atomic E-state index is 0.000883. The number of halogens is 2. The van der Waals surface area contributed by atoms with E-state index in [1.807, 2.05) is 0 Å². The van der Waals surface area contributed by atoms with Gasteiger partial charge in [0.25, 0.3) is 0 Å². The molecule has 168 valence electrons. The van der Waals surface area contributed by atoms with Gasteiger partial charge in [-0.05, 0) is 29.8 Å². The van der Waals surface area contributed by atoms with Gasteiger partial charge in [-0.2, -0.15) is 4.73 Å². The number of esters is 1. The molecule has 0 amide bonds. The first kappa shape index (κ1) is 23.8. The van der Waals surface area contributed by atoms with E-state index < -0.39 is 12.1 Å². The van der Waals surface area contributed by atoms with Crippen LogP contribution in [0.25, 0.3) is 0 Å². The summed E-state index contributed by atoms with van der Waals surface area (Å²) in [5.41, 5.74) is 1.09. The third-order valence-corrected chi connectivity index (χ3v) is 6.28. The molecule has 2 aromatic heterocycles. The Morgan fingerprint density at radius 3 is 2.41 bits per heavy atom. The molecule has 0 aliphatic heterocycles. The molecule has 0 unspecified atom stereocenters. The highest BCUT2D eigenvalue weighted by Gasteiger charge is 2.24. The molecule has 0 aliphatic rings. The molecule has 0 radical (unpaired) electrons. The summed E-state index contributed by atoms with van der Waals surface area (Å²) in [6, 6.07) is 8.50. The molecule has 7 nitrogen and oxygen atoms in total. The Kier molecular flexibility index (Phi) is 7.95. The Morgan fingerprint density at radius 1 is 1.12 bits per heavy atom. The largest absolute Gasteiger partial charge is 0.619 e. The van der Waals surface area contributed by atoms with Crippen LogP contribution in [0, 0.1) is 5.21 Å². The summed E-state index contributed by atoms with van der Waals surface area (Å²) in [6.07, 6.45) is 2.45. The lowest BCUT2D eigenvalue weighted by Crippen LogP contribution is -2.25. The number of aromatic nitrogens is 1. The van der Waals surface area contributed by atoms with Crippen LogP contribution in [-0.4, -0.2) is 26.5 Å². The maximum atomic E-state index is 12.7. The molecular weight excluding hydrogens is 477 g/mol. The van der Waals surface area contributed by atoms with E-state index in [0.717, 1.165) is 6.29 Å². The molecule has 1 atom stereocenters. The van der Waals surface area contributed by atoms with Crippen LogP contribution in [-0.2, 0) is 22.4 Å². The molecule has 0 spiro atoms. The van der Waals surface area contributed by atoms with E-state index in [1.165, 1.54) is 38.0 Å². The molecule has 2 heterocycles. The number of ether oxygens (including phenoxy) is 3. The second kappa shape index (κ2) is 10.7. The van der Waals surface area contributed by atoms with Gasteiger partial charge >= 0.3 is 5.97 Å². The zero-order valence-electron chi connectivity index (χ0n) is 17.2. The van der Waals surface area contributed by atoms with Crippen molar-refractivity contribution in [3.05, 3.63) is 78.9 Å². The number of thiophene rings is 1. The maximum Gasteiger partial charge on any atom is 0.311 e. The average Bonchev–Trinajstić information content (AvgIpc) is 3.22. The molecule has 3 rings (SSSR count). The topological polar surface area (TPSA) is 88.8 Å². The monoisotopic (exact) mass is 495 g/mol. The van der Waals surface area contributed by atoms with Crippen molar-refractivity contribution in [1.29, 1.82) is 0 Å². The van der Waals surface area contributed by atoms with Crippen LogP contribution in [0.5, 0.6) is 11.5 Å². The van der Waals surface area contributed by atoms with Crippen LogP contribution in [0.1, 0.15) is 31.8 Å². The van der Waals surface area contributed by atoms with Crippen molar-refractivity contribution in [3.8, 4) is 11.5 Å². The van der Waals surface area contributed by atoms with Crippen molar-refractivity contribution >= 4 is 46.8 Å². The third-order valence-electron chi connectivity index (χ3n) is 4.62. The summed E-state index contributed by atoms with van der Waals surface area (Å²) < 4.78 is 16.9. The van der Waals surface area contributed by atoms with Gasteiger partial charge in [0, 0.05) is 16.9 Å². The van der Waals surface area contributed by atoms with Gasteiger partial charge in [0.2, 0.25) is 0 Å². The highest BCUT2D eigenvalue weighted by atomic mass is 35.5. The van der Waals surface area contributed by atoms with E-state index in [-0.39, 0.29) is 22.9 Å². The predicted molar refractivity (Wildman–Crippen MR) is 121 cm³/mol. The van der Waals surface area contributed by atoms with Gasteiger partial charge < -0.3 is 19.4 Å². The lowest BCUT2D eigenvalue weighted by atomic mass is 10.0. The summed E-state index contributed by atoms with van der Waals surface area (Å²) in [6.45, 7) is 0. The fraction of sp³-hybridized carbons (Fsp3) is 0.227. The van der Waals surface area contributed by atoms with Crippen molar-refractivity contribution in [2.45, 2.75) is 18.9 Å². The normalized spacial score (nSPS) is 11.6. The van der Waals surface area contributed by atoms with Crippen LogP contribution in [0.15, 0.2) is 42.7 Å². The number of methoxy groups -OCH3 is 2. The molecule has 0 aliphatic carbocycles. The quantitative estimate of drug-likeness (QED) is 0.186. The summed E-state index contributed by atoms with van der Waals surface area (Å²) in [5, 5.41) is 11.9. The van der Waals surface area contributed by atoms with Gasteiger partial charge in [-0.3, -0.25) is 9.59 Å². The Morgan fingerprint density at radius 2 is 1.81 bits per heavy atom. The van der Waals surface area contributed by atoms with Gasteiger partial charge in [-0.15, -0.1) is 11.3 Å². The number of hydrogen-bond donors (Lipinski definition) is 0. The predicted octanol–water partition coefficient (Wildman–Crippen LogP) is 4.59. The first-order chi connectivity index (χ1) is 15.3. The van der Waals surface area contributed by atoms with Crippen LogP contribution in [0.3, 0.4) is 0 Å². The van der Waals surface area contributed by atoms with E-state index in [9.17, 15) is 14.8 Å². The lowest BCUT2D eigenvalue weighted by Gasteiger charge is -2.21. The molecular formula is C22H19Cl2NO6S. The fourth-order valence-electron chi connectivity index (χ4n) is 3.09. The Hall–Kier alpha value is -2.81. The van der Waals surface area contributed by atoms with Gasteiger partial charge in [0.1, 0.15) is 16.1 Å². The number of hydrogen-bond acceptors (Lipinski definition) is 7. The number of benzene rings is 1. The molecule has 3 aromatic rings. The van der Waals surface area contributed by atoms with E-state index in [1.54, 1.807) is 30.3 Å². The molecule has 32 heavy (non-hydrogen) atoms. The van der Waals surface area contributed by atoms with Crippen molar-refractivity contribution < 1.29 is 28.5 Å². The Balaban J connectivity index is 1.92. The van der Waals surface area contributed by atoms with Crippen molar-refractivity contribution in [1.82, 2.24) is 0 Å². The lowest BCUT2D eigenvalue weighted by molar-refractivity contribution is -0.605. The standard InChI is InChI=1S/C22H19Cl2NO6S/c1-29-19-6-3-13(7-21(19)30-2)20(9-16-17(23)10-25(28)11-18(16)24)31-22(27)8-14-4-5-15(12-26)32-14/h3-7,10-12,20H,8-9H2,1-2H3/t20-/m0/s1.